The number of aryl methyl sites for hydroxylation is 2. The summed E-state index contributed by atoms with van der Waals surface area (Å²) >= 11 is 3.61. The van der Waals surface area contributed by atoms with Crippen molar-refractivity contribution in [3.63, 3.8) is 0 Å². The molecule has 1 aromatic rings. The van der Waals surface area contributed by atoms with Gasteiger partial charge < -0.3 is 5.73 Å². The predicted molar refractivity (Wildman–Crippen MR) is 74.9 cm³/mol. The van der Waals surface area contributed by atoms with E-state index in [0.29, 0.717) is 6.54 Å². The molecule has 2 N–H and O–H groups in total. The number of hydrogen-bond acceptors (Lipinski definition) is 3. The van der Waals surface area contributed by atoms with E-state index in [-0.39, 0.29) is 0 Å². The van der Waals surface area contributed by atoms with Crippen molar-refractivity contribution in [2.45, 2.75) is 33.2 Å². The summed E-state index contributed by atoms with van der Waals surface area (Å²) in [6.45, 7) is 7.89. The van der Waals surface area contributed by atoms with Crippen LogP contribution in [0.3, 0.4) is 0 Å². The molecule has 4 nitrogen and oxygen atoms in total. The van der Waals surface area contributed by atoms with Crippen LogP contribution >= 0.6 is 15.9 Å². The lowest BCUT2D eigenvalue weighted by Crippen LogP contribution is -2.31. The molecule has 5 heteroatoms. The molecule has 17 heavy (non-hydrogen) atoms. The average molecular weight is 303 g/mol. The van der Waals surface area contributed by atoms with E-state index in [1.807, 2.05) is 18.7 Å². The van der Waals surface area contributed by atoms with Gasteiger partial charge in [0.25, 0.3) is 0 Å². The highest BCUT2D eigenvalue weighted by Crippen LogP contribution is 2.21. The van der Waals surface area contributed by atoms with Crippen LogP contribution in [-0.2, 0) is 13.6 Å². The van der Waals surface area contributed by atoms with Gasteiger partial charge in [-0.15, -0.1) is 0 Å². The largest absolute Gasteiger partial charge is 0.329 e. The van der Waals surface area contributed by atoms with Gasteiger partial charge in [-0.3, -0.25) is 9.58 Å². The number of rotatable bonds is 7. The first-order valence-electron chi connectivity index (χ1n) is 6.20. The standard InChI is InChI=1S/C12H23BrN4/c1-4-5-7-17(8-6-14)9-11-12(13)10(2)15-16(11)3/h4-9,14H2,1-3H3. The van der Waals surface area contributed by atoms with Crippen LogP contribution in [0.15, 0.2) is 4.47 Å². The Kier molecular flexibility index (Phi) is 6.16. The zero-order valence-corrected chi connectivity index (χ0v) is 12.6. The lowest BCUT2D eigenvalue weighted by molar-refractivity contribution is 0.261. The molecule has 0 bridgehead atoms. The monoisotopic (exact) mass is 302 g/mol. The molecule has 98 valence electrons. The molecule has 1 rings (SSSR count). The van der Waals surface area contributed by atoms with Crippen molar-refractivity contribution in [3.05, 3.63) is 15.9 Å². The van der Waals surface area contributed by atoms with Crippen molar-refractivity contribution in [3.8, 4) is 0 Å². The molecule has 0 amide bonds. The van der Waals surface area contributed by atoms with E-state index in [1.54, 1.807) is 0 Å². The van der Waals surface area contributed by atoms with Crippen LogP contribution in [0.2, 0.25) is 0 Å². The fourth-order valence-electron chi connectivity index (χ4n) is 1.90. The van der Waals surface area contributed by atoms with Crippen molar-refractivity contribution in [2.24, 2.45) is 12.8 Å². The van der Waals surface area contributed by atoms with Gasteiger partial charge in [0.2, 0.25) is 0 Å². The Balaban J connectivity index is 2.70. The first-order chi connectivity index (χ1) is 8.10. The van der Waals surface area contributed by atoms with Gasteiger partial charge >= 0.3 is 0 Å². The van der Waals surface area contributed by atoms with E-state index in [4.69, 9.17) is 5.73 Å². The molecule has 1 heterocycles. The van der Waals surface area contributed by atoms with E-state index < -0.39 is 0 Å². The third kappa shape index (κ3) is 4.08. The number of unbranched alkanes of at least 4 members (excludes halogenated alkanes) is 1. The molecular formula is C12H23BrN4. The molecule has 0 aliphatic rings. The molecule has 0 aliphatic carbocycles. The Morgan fingerprint density at radius 1 is 1.41 bits per heavy atom. The fourth-order valence-corrected chi connectivity index (χ4v) is 2.36. The van der Waals surface area contributed by atoms with Crippen LogP contribution in [0.1, 0.15) is 31.2 Å². The van der Waals surface area contributed by atoms with Gasteiger partial charge in [0.05, 0.1) is 15.9 Å². The summed E-state index contributed by atoms with van der Waals surface area (Å²) in [5.74, 6) is 0. The minimum atomic E-state index is 0.707. The zero-order chi connectivity index (χ0) is 12.8. The molecular weight excluding hydrogens is 280 g/mol. The van der Waals surface area contributed by atoms with E-state index in [9.17, 15) is 0 Å². The first-order valence-corrected chi connectivity index (χ1v) is 6.99. The Labute approximate surface area is 112 Å². The summed E-state index contributed by atoms with van der Waals surface area (Å²) in [6, 6.07) is 0. The molecule has 0 fully saturated rings. The molecule has 0 spiro atoms. The van der Waals surface area contributed by atoms with Gasteiger partial charge in [-0.05, 0) is 35.8 Å². The topological polar surface area (TPSA) is 47.1 Å². The fraction of sp³-hybridized carbons (Fsp3) is 0.750. The second-order valence-corrected chi connectivity index (χ2v) is 5.18. The zero-order valence-electron chi connectivity index (χ0n) is 11.0. The Bertz CT molecular complexity index is 349. The second-order valence-electron chi connectivity index (χ2n) is 4.39. The van der Waals surface area contributed by atoms with Crippen molar-refractivity contribution in [2.75, 3.05) is 19.6 Å². The minimum absolute atomic E-state index is 0.707. The Morgan fingerprint density at radius 2 is 2.12 bits per heavy atom. The van der Waals surface area contributed by atoms with Crippen LogP contribution in [0.4, 0.5) is 0 Å². The second kappa shape index (κ2) is 7.13. The smallest absolute Gasteiger partial charge is 0.0739 e. The van der Waals surface area contributed by atoms with E-state index in [0.717, 1.165) is 29.8 Å². The summed E-state index contributed by atoms with van der Waals surface area (Å²) in [5, 5.41) is 4.42. The van der Waals surface area contributed by atoms with Crippen LogP contribution in [0, 0.1) is 6.92 Å². The minimum Gasteiger partial charge on any atom is -0.329 e. The molecule has 0 aliphatic heterocycles. The van der Waals surface area contributed by atoms with Gasteiger partial charge in [-0.2, -0.15) is 5.10 Å². The van der Waals surface area contributed by atoms with Crippen molar-refractivity contribution < 1.29 is 0 Å². The molecule has 0 radical (unpaired) electrons. The predicted octanol–water partition coefficient (Wildman–Crippen LogP) is 2.05. The highest BCUT2D eigenvalue weighted by molar-refractivity contribution is 9.10. The van der Waals surface area contributed by atoms with Crippen LogP contribution in [0.25, 0.3) is 0 Å². The lowest BCUT2D eigenvalue weighted by atomic mass is 10.3. The highest BCUT2D eigenvalue weighted by atomic mass is 79.9. The van der Waals surface area contributed by atoms with Crippen molar-refractivity contribution in [1.82, 2.24) is 14.7 Å². The van der Waals surface area contributed by atoms with Gasteiger partial charge in [-0.1, -0.05) is 13.3 Å². The number of nitrogens with zero attached hydrogens (tertiary/aromatic N) is 3. The highest BCUT2D eigenvalue weighted by Gasteiger charge is 2.13. The van der Waals surface area contributed by atoms with Gasteiger partial charge in [-0.25, -0.2) is 0 Å². The maximum atomic E-state index is 5.66. The Hall–Kier alpha value is -0.390. The third-order valence-corrected chi connectivity index (χ3v) is 3.94. The quantitative estimate of drug-likeness (QED) is 0.838. The number of aromatic nitrogens is 2. The molecule has 0 aromatic carbocycles. The normalized spacial score (nSPS) is 11.4. The van der Waals surface area contributed by atoms with Gasteiger partial charge in [0.1, 0.15) is 0 Å². The molecule has 0 saturated carbocycles. The summed E-state index contributed by atoms with van der Waals surface area (Å²) in [5.41, 5.74) is 7.94. The van der Waals surface area contributed by atoms with E-state index >= 15 is 0 Å². The summed E-state index contributed by atoms with van der Waals surface area (Å²) in [4.78, 5) is 2.39. The number of hydrogen-bond donors (Lipinski definition) is 1. The molecule has 1 aromatic heterocycles. The molecule has 0 atom stereocenters. The molecule has 0 unspecified atom stereocenters. The first kappa shape index (κ1) is 14.7. The van der Waals surface area contributed by atoms with Gasteiger partial charge in [0.15, 0.2) is 0 Å². The SMILES string of the molecule is CCCCN(CCN)Cc1c(Br)c(C)nn1C. The third-order valence-electron chi connectivity index (χ3n) is 2.91. The van der Waals surface area contributed by atoms with Crippen molar-refractivity contribution in [1.29, 1.82) is 0 Å². The molecule has 0 saturated heterocycles. The van der Waals surface area contributed by atoms with Gasteiger partial charge in [0, 0.05) is 26.7 Å². The average Bonchev–Trinajstić information content (AvgIpc) is 2.53. The number of nitrogens with two attached hydrogens (primary N) is 1. The van der Waals surface area contributed by atoms with E-state index in [1.165, 1.54) is 18.5 Å². The maximum absolute atomic E-state index is 5.66. The van der Waals surface area contributed by atoms with Crippen molar-refractivity contribution >= 4 is 15.9 Å². The van der Waals surface area contributed by atoms with Crippen LogP contribution in [0.5, 0.6) is 0 Å². The summed E-state index contributed by atoms with van der Waals surface area (Å²) in [6.07, 6.45) is 2.43. The van der Waals surface area contributed by atoms with E-state index in [2.05, 4.69) is 32.9 Å². The summed E-state index contributed by atoms with van der Waals surface area (Å²) < 4.78 is 3.08. The summed E-state index contributed by atoms with van der Waals surface area (Å²) in [7, 11) is 1.99. The number of halogens is 1. The van der Waals surface area contributed by atoms with Crippen LogP contribution < -0.4 is 5.73 Å². The van der Waals surface area contributed by atoms with Crippen LogP contribution in [-0.4, -0.2) is 34.3 Å². The maximum Gasteiger partial charge on any atom is 0.0739 e. The Morgan fingerprint density at radius 3 is 2.59 bits per heavy atom. The lowest BCUT2D eigenvalue weighted by Gasteiger charge is -2.21.